The van der Waals surface area contributed by atoms with E-state index in [4.69, 9.17) is 17.3 Å². The standard InChI is InChI=1S/C16H15ClN2OS/c17-13-9-12(5-6-14(13)18)21-10-16(20)19-8-7-11-3-1-2-4-15(11)19/h1-6,9H,7-8,10,18H2. The fourth-order valence-electron chi connectivity index (χ4n) is 2.42. The molecule has 2 aromatic rings. The first-order valence-corrected chi connectivity index (χ1v) is 8.07. The summed E-state index contributed by atoms with van der Waals surface area (Å²) < 4.78 is 0. The Balaban J connectivity index is 1.66. The van der Waals surface area contributed by atoms with Gasteiger partial charge in [0.1, 0.15) is 0 Å². The van der Waals surface area contributed by atoms with Gasteiger partial charge in [-0.1, -0.05) is 29.8 Å². The van der Waals surface area contributed by atoms with Crippen LogP contribution in [-0.2, 0) is 11.2 Å². The Hall–Kier alpha value is -1.65. The molecule has 5 heteroatoms. The molecule has 0 radical (unpaired) electrons. The monoisotopic (exact) mass is 318 g/mol. The molecule has 0 aliphatic carbocycles. The number of fused-ring (bicyclic) bond motifs is 1. The summed E-state index contributed by atoms with van der Waals surface area (Å²) in [4.78, 5) is 15.2. The number of carbonyl (C=O) groups is 1. The van der Waals surface area contributed by atoms with Crippen molar-refractivity contribution >= 4 is 40.6 Å². The Morgan fingerprint density at radius 1 is 1.29 bits per heavy atom. The van der Waals surface area contributed by atoms with Crippen molar-refractivity contribution in [1.29, 1.82) is 0 Å². The summed E-state index contributed by atoms with van der Waals surface area (Å²) in [7, 11) is 0. The number of nitrogens with zero attached hydrogens (tertiary/aromatic N) is 1. The van der Waals surface area contributed by atoms with Crippen molar-refractivity contribution in [3.8, 4) is 0 Å². The minimum atomic E-state index is 0.123. The van der Waals surface area contributed by atoms with Gasteiger partial charge in [0.15, 0.2) is 0 Å². The van der Waals surface area contributed by atoms with E-state index in [1.807, 2.05) is 29.2 Å². The molecule has 1 amide bonds. The highest BCUT2D eigenvalue weighted by Gasteiger charge is 2.23. The number of para-hydroxylation sites is 1. The van der Waals surface area contributed by atoms with Gasteiger partial charge in [0.2, 0.25) is 5.91 Å². The highest BCUT2D eigenvalue weighted by molar-refractivity contribution is 8.00. The predicted octanol–water partition coefficient (Wildman–Crippen LogP) is 3.60. The Morgan fingerprint density at radius 3 is 2.90 bits per heavy atom. The number of hydrogen-bond acceptors (Lipinski definition) is 3. The second-order valence-corrected chi connectivity index (χ2v) is 6.35. The predicted molar refractivity (Wildman–Crippen MR) is 89.1 cm³/mol. The zero-order valence-corrected chi connectivity index (χ0v) is 13.0. The van der Waals surface area contributed by atoms with Crippen molar-refractivity contribution < 1.29 is 4.79 Å². The Bertz CT molecular complexity index is 690. The molecule has 3 nitrogen and oxygen atoms in total. The van der Waals surface area contributed by atoms with Crippen LogP contribution >= 0.6 is 23.4 Å². The topological polar surface area (TPSA) is 46.3 Å². The van der Waals surface area contributed by atoms with Crippen LogP contribution in [0.4, 0.5) is 11.4 Å². The molecule has 0 saturated carbocycles. The minimum Gasteiger partial charge on any atom is -0.398 e. The van der Waals surface area contributed by atoms with E-state index in [0.717, 1.165) is 23.5 Å². The summed E-state index contributed by atoms with van der Waals surface area (Å²) in [6.07, 6.45) is 0.931. The lowest BCUT2D eigenvalue weighted by Gasteiger charge is -2.17. The van der Waals surface area contributed by atoms with Crippen LogP contribution in [0.3, 0.4) is 0 Å². The summed E-state index contributed by atoms with van der Waals surface area (Å²) in [5.74, 6) is 0.520. The number of anilines is 2. The van der Waals surface area contributed by atoms with Crippen LogP contribution in [0.25, 0.3) is 0 Å². The Morgan fingerprint density at radius 2 is 2.10 bits per heavy atom. The van der Waals surface area contributed by atoms with E-state index in [2.05, 4.69) is 6.07 Å². The average Bonchev–Trinajstić information content (AvgIpc) is 2.92. The van der Waals surface area contributed by atoms with E-state index in [-0.39, 0.29) is 5.91 Å². The zero-order valence-electron chi connectivity index (χ0n) is 11.4. The van der Waals surface area contributed by atoms with Crippen molar-refractivity contribution in [3.63, 3.8) is 0 Å². The van der Waals surface area contributed by atoms with Gasteiger partial charge in [0.05, 0.1) is 16.5 Å². The van der Waals surface area contributed by atoms with E-state index in [1.54, 1.807) is 12.1 Å². The fourth-order valence-corrected chi connectivity index (χ4v) is 3.47. The molecule has 1 heterocycles. The molecule has 1 aliphatic heterocycles. The highest BCUT2D eigenvalue weighted by Crippen LogP contribution is 2.30. The first-order chi connectivity index (χ1) is 10.1. The molecule has 2 aromatic carbocycles. The SMILES string of the molecule is Nc1ccc(SCC(=O)N2CCc3ccccc32)cc1Cl. The Kier molecular flexibility index (Phi) is 4.08. The second-order valence-electron chi connectivity index (χ2n) is 4.90. The summed E-state index contributed by atoms with van der Waals surface area (Å²) in [5, 5.41) is 0.527. The number of carbonyl (C=O) groups excluding carboxylic acids is 1. The van der Waals surface area contributed by atoms with Crippen molar-refractivity contribution in [2.75, 3.05) is 22.9 Å². The van der Waals surface area contributed by atoms with E-state index in [0.29, 0.717) is 16.5 Å². The third-order valence-corrected chi connectivity index (χ3v) is 4.83. The maximum absolute atomic E-state index is 12.4. The number of rotatable bonds is 3. The third kappa shape index (κ3) is 3.01. The maximum atomic E-state index is 12.4. The van der Waals surface area contributed by atoms with Crippen molar-refractivity contribution in [1.82, 2.24) is 0 Å². The van der Waals surface area contributed by atoms with Crippen molar-refractivity contribution in [2.45, 2.75) is 11.3 Å². The first-order valence-electron chi connectivity index (χ1n) is 6.71. The van der Waals surface area contributed by atoms with Gasteiger partial charge in [-0.15, -0.1) is 11.8 Å². The molecule has 0 saturated heterocycles. The largest absolute Gasteiger partial charge is 0.398 e. The van der Waals surface area contributed by atoms with Crippen LogP contribution in [0.2, 0.25) is 5.02 Å². The van der Waals surface area contributed by atoms with Gasteiger partial charge in [0.25, 0.3) is 0 Å². The normalized spacial score (nSPS) is 13.3. The molecule has 2 N–H and O–H groups in total. The first kappa shape index (κ1) is 14.3. The van der Waals surface area contributed by atoms with E-state index < -0.39 is 0 Å². The molecule has 21 heavy (non-hydrogen) atoms. The van der Waals surface area contributed by atoms with Crippen LogP contribution in [0.15, 0.2) is 47.4 Å². The van der Waals surface area contributed by atoms with E-state index >= 15 is 0 Å². The third-order valence-electron chi connectivity index (χ3n) is 3.52. The molecular formula is C16H15ClN2OS. The van der Waals surface area contributed by atoms with Gasteiger partial charge in [-0.05, 0) is 36.2 Å². The van der Waals surface area contributed by atoms with Crippen molar-refractivity contribution in [3.05, 3.63) is 53.1 Å². The lowest BCUT2D eigenvalue weighted by atomic mass is 10.2. The number of halogens is 1. The number of benzene rings is 2. The summed E-state index contributed by atoms with van der Waals surface area (Å²) in [6.45, 7) is 0.765. The molecule has 108 valence electrons. The quantitative estimate of drug-likeness (QED) is 0.694. The van der Waals surface area contributed by atoms with Gasteiger partial charge >= 0.3 is 0 Å². The van der Waals surface area contributed by atoms with Crippen LogP contribution < -0.4 is 10.6 Å². The number of nitrogen functional groups attached to an aromatic ring is 1. The van der Waals surface area contributed by atoms with Gasteiger partial charge < -0.3 is 10.6 Å². The lowest BCUT2D eigenvalue weighted by Crippen LogP contribution is -2.30. The summed E-state index contributed by atoms with van der Waals surface area (Å²) >= 11 is 7.47. The van der Waals surface area contributed by atoms with Gasteiger partial charge in [0, 0.05) is 17.1 Å². The molecule has 3 rings (SSSR count). The molecule has 0 fully saturated rings. The summed E-state index contributed by atoms with van der Waals surface area (Å²) in [6, 6.07) is 13.5. The second kappa shape index (κ2) is 6.00. The maximum Gasteiger partial charge on any atom is 0.237 e. The molecule has 0 aromatic heterocycles. The molecule has 0 bridgehead atoms. The molecule has 1 aliphatic rings. The molecule has 0 atom stereocenters. The molecule has 0 spiro atoms. The van der Waals surface area contributed by atoms with Crippen LogP contribution in [0, 0.1) is 0 Å². The van der Waals surface area contributed by atoms with Gasteiger partial charge in [-0.25, -0.2) is 0 Å². The average molecular weight is 319 g/mol. The smallest absolute Gasteiger partial charge is 0.237 e. The number of nitrogens with two attached hydrogens (primary N) is 1. The van der Waals surface area contributed by atoms with Gasteiger partial charge in [-0.3, -0.25) is 4.79 Å². The fraction of sp³-hybridized carbons (Fsp3) is 0.188. The van der Waals surface area contributed by atoms with Gasteiger partial charge in [-0.2, -0.15) is 0 Å². The van der Waals surface area contributed by atoms with E-state index in [1.165, 1.54) is 17.3 Å². The summed E-state index contributed by atoms with van der Waals surface area (Å²) in [5.41, 5.74) is 8.52. The van der Waals surface area contributed by atoms with Crippen LogP contribution in [0.5, 0.6) is 0 Å². The van der Waals surface area contributed by atoms with E-state index in [9.17, 15) is 4.79 Å². The number of thioether (sulfide) groups is 1. The minimum absolute atomic E-state index is 0.123. The van der Waals surface area contributed by atoms with Crippen molar-refractivity contribution in [2.24, 2.45) is 0 Å². The molecule has 0 unspecified atom stereocenters. The Labute approximate surface area is 133 Å². The number of amides is 1. The highest BCUT2D eigenvalue weighted by atomic mass is 35.5. The van der Waals surface area contributed by atoms with Crippen LogP contribution in [-0.4, -0.2) is 18.2 Å². The number of hydrogen-bond donors (Lipinski definition) is 1. The zero-order chi connectivity index (χ0) is 14.8. The lowest BCUT2D eigenvalue weighted by molar-refractivity contribution is -0.116. The molecular weight excluding hydrogens is 304 g/mol. The van der Waals surface area contributed by atoms with Crippen LogP contribution in [0.1, 0.15) is 5.56 Å².